The number of para-hydroxylation sites is 1. The lowest BCUT2D eigenvalue weighted by Gasteiger charge is -2.40. The van der Waals surface area contributed by atoms with Crippen molar-refractivity contribution in [3.05, 3.63) is 94.3 Å². The highest BCUT2D eigenvalue weighted by molar-refractivity contribution is 5.40. The van der Waals surface area contributed by atoms with Crippen molar-refractivity contribution >= 4 is 0 Å². The first-order chi connectivity index (χ1) is 17.8. The molecule has 0 radical (unpaired) electrons. The van der Waals surface area contributed by atoms with Gasteiger partial charge in [0.05, 0.1) is 6.61 Å². The fourth-order valence-corrected chi connectivity index (χ4v) is 4.94. The lowest BCUT2D eigenvalue weighted by molar-refractivity contribution is -0.231. The van der Waals surface area contributed by atoms with Crippen LogP contribution in [0.4, 0.5) is 4.39 Å². The van der Waals surface area contributed by atoms with Crippen LogP contribution in [0, 0.1) is 12.7 Å². The number of fused-ring (bicyclic) bond motifs is 1. The molecule has 3 aromatic carbocycles. The molecule has 3 aromatic rings. The van der Waals surface area contributed by atoms with Crippen molar-refractivity contribution in [3.63, 3.8) is 0 Å². The van der Waals surface area contributed by atoms with Crippen molar-refractivity contribution in [1.29, 1.82) is 0 Å². The lowest BCUT2D eigenvalue weighted by Crippen LogP contribution is -2.55. The van der Waals surface area contributed by atoms with E-state index in [1.807, 2.05) is 55.5 Å². The van der Waals surface area contributed by atoms with Crippen LogP contribution in [-0.2, 0) is 17.6 Å². The molecule has 196 valence electrons. The fourth-order valence-electron chi connectivity index (χ4n) is 4.94. The quantitative estimate of drug-likeness (QED) is 0.387. The van der Waals surface area contributed by atoms with Gasteiger partial charge >= 0.3 is 0 Å². The third-order valence-corrected chi connectivity index (χ3v) is 7.13. The highest BCUT2D eigenvalue weighted by Crippen LogP contribution is 2.34. The van der Waals surface area contributed by atoms with Crippen LogP contribution < -0.4 is 9.47 Å². The summed E-state index contributed by atoms with van der Waals surface area (Å²) in [4.78, 5) is 0. The van der Waals surface area contributed by atoms with Gasteiger partial charge < -0.3 is 34.6 Å². The van der Waals surface area contributed by atoms with E-state index in [4.69, 9.17) is 14.2 Å². The number of aryl methyl sites for hydroxylation is 1. The van der Waals surface area contributed by atoms with Gasteiger partial charge in [-0.05, 0) is 53.8 Å². The molecule has 2 heterocycles. The predicted molar refractivity (Wildman–Crippen MR) is 133 cm³/mol. The molecule has 2 aliphatic rings. The number of hydrogen-bond acceptors (Lipinski definition) is 7. The number of ether oxygens (including phenoxy) is 3. The van der Waals surface area contributed by atoms with Crippen LogP contribution in [0.1, 0.15) is 33.9 Å². The summed E-state index contributed by atoms with van der Waals surface area (Å²) in [6.45, 7) is 1.84. The molecule has 5 rings (SSSR count). The van der Waals surface area contributed by atoms with E-state index in [0.717, 1.165) is 22.3 Å². The summed E-state index contributed by atoms with van der Waals surface area (Å²) in [6, 6.07) is 18.3. The molecule has 1 unspecified atom stereocenters. The van der Waals surface area contributed by atoms with E-state index in [2.05, 4.69) is 0 Å². The molecule has 7 nitrogen and oxygen atoms in total. The minimum atomic E-state index is -1.42. The Morgan fingerprint density at radius 1 is 0.973 bits per heavy atom. The SMILES string of the molecule is Cc1ccc([C@@H]2O[C@H](CO)[C@@H](O)[C@H](O)[C@H]2O)cc1Cc1ccc(OCC2Cc3cccc(F)c3O2)cc1. The Kier molecular flexibility index (Phi) is 7.46. The van der Waals surface area contributed by atoms with Crippen molar-refractivity contribution < 1.29 is 39.0 Å². The van der Waals surface area contributed by atoms with Gasteiger partial charge in [0, 0.05) is 12.0 Å². The van der Waals surface area contributed by atoms with Crippen LogP contribution in [0.25, 0.3) is 0 Å². The normalized spacial score (nSPS) is 27.0. The monoisotopic (exact) mass is 510 g/mol. The number of halogens is 1. The van der Waals surface area contributed by atoms with Gasteiger partial charge in [-0.1, -0.05) is 42.5 Å². The smallest absolute Gasteiger partial charge is 0.165 e. The highest BCUT2D eigenvalue weighted by atomic mass is 19.1. The summed E-state index contributed by atoms with van der Waals surface area (Å²) in [7, 11) is 0. The number of aliphatic hydroxyl groups excluding tert-OH is 4. The highest BCUT2D eigenvalue weighted by Gasteiger charge is 2.44. The zero-order valence-electron chi connectivity index (χ0n) is 20.5. The van der Waals surface area contributed by atoms with Crippen molar-refractivity contribution in [2.45, 2.75) is 56.4 Å². The van der Waals surface area contributed by atoms with Gasteiger partial charge in [-0.3, -0.25) is 0 Å². The first kappa shape index (κ1) is 25.6. The summed E-state index contributed by atoms with van der Waals surface area (Å²) in [6.07, 6.45) is -4.97. The van der Waals surface area contributed by atoms with Gasteiger partial charge in [0.15, 0.2) is 11.6 Å². The van der Waals surface area contributed by atoms with Crippen LogP contribution in [0.15, 0.2) is 60.7 Å². The van der Waals surface area contributed by atoms with Crippen LogP contribution in [0.5, 0.6) is 11.5 Å². The van der Waals surface area contributed by atoms with Gasteiger partial charge in [-0.25, -0.2) is 4.39 Å². The molecule has 0 saturated carbocycles. The molecule has 0 bridgehead atoms. The number of rotatable bonds is 7. The summed E-state index contributed by atoms with van der Waals surface area (Å²) in [5, 5.41) is 40.2. The van der Waals surface area contributed by atoms with E-state index in [1.165, 1.54) is 6.07 Å². The van der Waals surface area contributed by atoms with Crippen molar-refractivity contribution in [2.24, 2.45) is 0 Å². The molecule has 0 amide bonds. The second-order valence-corrected chi connectivity index (χ2v) is 9.74. The fraction of sp³-hybridized carbons (Fsp3) is 0.379. The molecule has 0 spiro atoms. The molecular formula is C29H31FO7. The Morgan fingerprint density at radius 3 is 2.49 bits per heavy atom. The summed E-state index contributed by atoms with van der Waals surface area (Å²) in [5.74, 6) is 0.651. The Balaban J connectivity index is 1.22. The molecule has 6 atom stereocenters. The zero-order valence-corrected chi connectivity index (χ0v) is 20.5. The van der Waals surface area contributed by atoms with E-state index >= 15 is 0 Å². The minimum absolute atomic E-state index is 0.237. The Labute approximate surface area is 214 Å². The van der Waals surface area contributed by atoms with Crippen LogP contribution in [0.2, 0.25) is 0 Å². The second kappa shape index (κ2) is 10.8. The largest absolute Gasteiger partial charge is 0.490 e. The van der Waals surface area contributed by atoms with Crippen LogP contribution in [-0.4, -0.2) is 64.2 Å². The van der Waals surface area contributed by atoms with E-state index in [-0.39, 0.29) is 11.9 Å². The van der Waals surface area contributed by atoms with E-state index in [1.54, 1.807) is 6.07 Å². The first-order valence-corrected chi connectivity index (χ1v) is 12.4. The van der Waals surface area contributed by atoms with E-state index in [0.29, 0.717) is 36.5 Å². The molecule has 0 aliphatic carbocycles. The first-order valence-electron chi connectivity index (χ1n) is 12.4. The third-order valence-electron chi connectivity index (χ3n) is 7.13. The number of hydrogen-bond donors (Lipinski definition) is 4. The maximum atomic E-state index is 13.9. The molecule has 1 fully saturated rings. The standard InChI is InChI=1S/C29H31FO7/c1-16-5-8-19(29-27(34)26(33)25(32)24(14-31)37-29)12-20(16)11-17-6-9-21(10-7-17)35-15-22-13-18-3-2-4-23(30)28(18)36-22/h2-10,12,22,24-27,29,31-34H,11,13-15H2,1H3/t22?,24-,25-,26+,27-,29+/m1/s1. The average Bonchev–Trinajstić information content (AvgIpc) is 3.33. The maximum Gasteiger partial charge on any atom is 0.165 e. The Bertz CT molecular complexity index is 1230. The summed E-state index contributed by atoms with van der Waals surface area (Å²) < 4.78 is 31.2. The lowest BCUT2D eigenvalue weighted by atomic mass is 9.89. The molecule has 8 heteroatoms. The van der Waals surface area contributed by atoms with Crippen molar-refractivity contribution in [1.82, 2.24) is 0 Å². The topological polar surface area (TPSA) is 109 Å². The van der Waals surface area contributed by atoms with Gasteiger partial charge in [-0.2, -0.15) is 0 Å². The zero-order chi connectivity index (χ0) is 26.1. The number of benzene rings is 3. The van der Waals surface area contributed by atoms with Gasteiger partial charge in [-0.15, -0.1) is 0 Å². The maximum absolute atomic E-state index is 13.9. The Hall–Kier alpha value is -3.01. The summed E-state index contributed by atoms with van der Waals surface area (Å²) >= 11 is 0. The van der Waals surface area contributed by atoms with Crippen molar-refractivity contribution in [3.8, 4) is 11.5 Å². The van der Waals surface area contributed by atoms with Crippen molar-refractivity contribution in [2.75, 3.05) is 13.2 Å². The minimum Gasteiger partial charge on any atom is -0.490 e. The van der Waals surface area contributed by atoms with Gasteiger partial charge in [0.1, 0.15) is 49.0 Å². The van der Waals surface area contributed by atoms with E-state index < -0.39 is 37.1 Å². The Morgan fingerprint density at radius 2 is 1.76 bits per heavy atom. The molecular weight excluding hydrogens is 479 g/mol. The number of aliphatic hydroxyl groups is 4. The van der Waals surface area contributed by atoms with E-state index in [9.17, 15) is 24.8 Å². The molecule has 1 saturated heterocycles. The van der Waals surface area contributed by atoms with Crippen LogP contribution >= 0.6 is 0 Å². The summed E-state index contributed by atoms with van der Waals surface area (Å²) in [5.41, 5.74) is 4.63. The molecule has 4 N–H and O–H groups in total. The molecule has 37 heavy (non-hydrogen) atoms. The van der Waals surface area contributed by atoms with Crippen LogP contribution in [0.3, 0.4) is 0 Å². The average molecular weight is 511 g/mol. The van der Waals surface area contributed by atoms with Gasteiger partial charge in [0.2, 0.25) is 0 Å². The van der Waals surface area contributed by atoms with Gasteiger partial charge in [0.25, 0.3) is 0 Å². The third kappa shape index (κ3) is 5.35. The molecule has 2 aliphatic heterocycles. The molecule has 0 aromatic heterocycles. The second-order valence-electron chi connectivity index (χ2n) is 9.74. The predicted octanol–water partition coefficient (Wildman–Crippen LogP) is 2.62.